The van der Waals surface area contributed by atoms with E-state index in [9.17, 15) is 48.9 Å². The molecule has 7 N–H and O–H groups in total. The monoisotopic (exact) mass is 580 g/mol. The number of nitrogens with one attached hydrogen (secondary N) is 1. The van der Waals surface area contributed by atoms with E-state index < -0.39 is 88.4 Å². The third-order valence-corrected chi connectivity index (χ3v) is 8.57. The van der Waals surface area contributed by atoms with Crippen LogP contribution < -0.4 is 11.2 Å². The first kappa shape index (κ1) is 29.6. The van der Waals surface area contributed by atoms with Crippen molar-refractivity contribution >= 4 is 28.3 Å². The standard InChI is InChI=1S/C16H26N2O15P2S/c1-6-3-18(16(24)17-14(6)23)10-2-7(20)9(30-10)5-29-34(25,26)33-35(27,28)32-15-12(22)13(36)11(21)8(4-19)31-15/h3,7-13,15,19-22,36H,2,4-5H2,1H3,(H,25,26)(H,27,28)(H,17,23,24)/t7-,8?,9-,10-,11+,12?,13+,15+/m1/s1. The summed E-state index contributed by atoms with van der Waals surface area (Å²) in [6, 6.07) is 0. The maximum atomic E-state index is 12.2. The van der Waals surface area contributed by atoms with Crippen LogP contribution in [0.1, 0.15) is 18.2 Å². The van der Waals surface area contributed by atoms with Gasteiger partial charge in [0.2, 0.25) is 0 Å². The molecular formula is C16H26N2O15P2S. The zero-order chi connectivity index (χ0) is 27.0. The first-order valence-electron chi connectivity index (χ1n) is 10.3. The maximum absolute atomic E-state index is 12.2. The fourth-order valence-corrected chi connectivity index (χ4v) is 5.95. The molecule has 36 heavy (non-hydrogen) atoms. The van der Waals surface area contributed by atoms with Crippen LogP contribution >= 0.6 is 28.3 Å². The Bertz CT molecular complexity index is 1140. The van der Waals surface area contributed by atoms with Crippen molar-refractivity contribution in [2.75, 3.05) is 13.2 Å². The zero-order valence-corrected chi connectivity index (χ0v) is 21.1. The van der Waals surface area contributed by atoms with Crippen LogP contribution in [0.5, 0.6) is 0 Å². The Morgan fingerprint density at radius 2 is 1.81 bits per heavy atom. The van der Waals surface area contributed by atoms with E-state index in [2.05, 4.69) is 31.0 Å². The molecule has 3 rings (SSSR count). The molecule has 0 spiro atoms. The van der Waals surface area contributed by atoms with Gasteiger partial charge in [-0.2, -0.15) is 16.9 Å². The van der Waals surface area contributed by atoms with Gasteiger partial charge in [-0.15, -0.1) is 0 Å². The lowest BCUT2D eigenvalue weighted by atomic mass is 10.0. The molecule has 3 heterocycles. The van der Waals surface area contributed by atoms with Crippen LogP contribution in [0.25, 0.3) is 0 Å². The third-order valence-electron chi connectivity index (χ3n) is 5.35. The summed E-state index contributed by atoms with van der Waals surface area (Å²) in [5, 5.41) is 38.0. The Morgan fingerprint density at radius 3 is 2.44 bits per heavy atom. The molecule has 4 unspecified atom stereocenters. The van der Waals surface area contributed by atoms with Gasteiger partial charge < -0.3 is 39.7 Å². The summed E-state index contributed by atoms with van der Waals surface area (Å²) in [6.07, 6.45) is -9.18. The van der Waals surface area contributed by atoms with Crippen molar-refractivity contribution in [1.29, 1.82) is 0 Å². The lowest BCUT2D eigenvalue weighted by molar-refractivity contribution is -0.241. The van der Waals surface area contributed by atoms with E-state index in [1.165, 1.54) is 13.1 Å². The minimum absolute atomic E-state index is 0.155. The molecule has 0 aromatic carbocycles. The molecule has 2 aliphatic heterocycles. The van der Waals surface area contributed by atoms with Crippen molar-refractivity contribution in [3.63, 3.8) is 0 Å². The number of rotatable bonds is 9. The van der Waals surface area contributed by atoms with Crippen LogP contribution in [0.4, 0.5) is 0 Å². The topological polar surface area (TPSA) is 257 Å². The Kier molecular flexibility index (Phi) is 9.40. The highest BCUT2D eigenvalue weighted by Gasteiger charge is 2.48. The number of hydrogen-bond acceptors (Lipinski definition) is 14. The number of phosphoric acid groups is 2. The minimum Gasteiger partial charge on any atom is -0.394 e. The summed E-state index contributed by atoms with van der Waals surface area (Å²) in [5.41, 5.74) is -1.23. The number of aliphatic hydroxyl groups is 4. The van der Waals surface area contributed by atoms with Gasteiger partial charge in [-0.25, -0.2) is 13.9 Å². The van der Waals surface area contributed by atoms with Crippen LogP contribution in [0.2, 0.25) is 0 Å². The number of aromatic amines is 1. The van der Waals surface area contributed by atoms with Crippen molar-refractivity contribution < 1.29 is 62.2 Å². The molecule has 1 aromatic heterocycles. The average Bonchev–Trinajstić information content (AvgIpc) is 3.14. The van der Waals surface area contributed by atoms with Gasteiger partial charge in [-0.05, 0) is 6.92 Å². The van der Waals surface area contributed by atoms with Gasteiger partial charge in [-0.3, -0.25) is 23.4 Å². The molecule has 20 heteroatoms. The van der Waals surface area contributed by atoms with Gasteiger partial charge >= 0.3 is 21.3 Å². The molecule has 0 bridgehead atoms. The zero-order valence-electron chi connectivity index (χ0n) is 18.5. The molecule has 0 amide bonds. The molecule has 2 fully saturated rings. The highest BCUT2D eigenvalue weighted by atomic mass is 32.1. The summed E-state index contributed by atoms with van der Waals surface area (Å²) in [7, 11) is -10.8. The van der Waals surface area contributed by atoms with E-state index in [4.69, 9.17) is 9.47 Å². The first-order chi connectivity index (χ1) is 16.6. The number of nitrogens with zero attached hydrogens (tertiary/aromatic N) is 1. The molecule has 2 aliphatic rings. The maximum Gasteiger partial charge on any atom is 0.483 e. The van der Waals surface area contributed by atoms with Crippen LogP contribution in [-0.4, -0.2) is 95.0 Å². The number of thiol groups is 1. The predicted molar refractivity (Wildman–Crippen MR) is 119 cm³/mol. The van der Waals surface area contributed by atoms with E-state index >= 15 is 0 Å². The van der Waals surface area contributed by atoms with Crippen LogP contribution in [0, 0.1) is 6.92 Å². The van der Waals surface area contributed by atoms with E-state index in [-0.39, 0.29) is 12.0 Å². The Morgan fingerprint density at radius 1 is 1.14 bits per heavy atom. The minimum atomic E-state index is -5.46. The van der Waals surface area contributed by atoms with Gasteiger partial charge in [0.15, 0.2) is 6.29 Å². The van der Waals surface area contributed by atoms with Gasteiger partial charge in [0.25, 0.3) is 5.56 Å². The second-order valence-corrected chi connectivity index (χ2v) is 11.6. The Labute approximate surface area is 207 Å². The average molecular weight is 580 g/mol. The largest absolute Gasteiger partial charge is 0.483 e. The summed E-state index contributed by atoms with van der Waals surface area (Å²) < 4.78 is 49.2. The van der Waals surface area contributed by atoms with Crippen molar-refractivity contribution in [2.24, 2.45) is 0 Å². The molecule has 1 aromatic rings. The molecule has 10 atom stereocenters. The van der Waals surface area contributed by atoms with Crippen LogP contribution in [0.15, 0.2) is 15.8 Å². The third kappa shape index (κ3) is 6.92. The van der Waals surface area contributed by atoms with E-state index in [0.29, 0.717) is 0 Å². The van der Waals surface area contributed by atoms with E-state index in [1.54, 1.807) is 0 Å². The summed E-state index contributed by atoms with van der Waals surface area (Å²) in [5.74, 6) is 0. The summed E-state index contributed by atoms with van der Waals surface area (Å²) in [6.45, 7) is -0.157. The molecule has 0 aliphatic carbocycles. The van der Waals surface area contributed by atoms with Gasteiger partial charge in [0.05, 0.1) is 30.7 Å². The van der Waals surface area contributed by atoms with Gasteiger partial charge in [0, 0.05) is 18.2 Å². The SMILES string of the molecule is Cc1cn([C@H]2C[C@@H](O)[C@@H](COP(=O)(O)OP(=O)(O)O[C@@H]3OC(CO)[C@H](O)[C@H](S)C3O)O2)c(=O)[nH]c1=O. The lowest BCUT2D eigenvalue weighted by Crippen LogP contribution is -2.56. The van der Waals surface area contributed by atoms with E-state index in [1.807, 2.05) is 0 Å². The summed E-state index contributed by atoms with van der Waals surface area (Å²) >= 11 is 3.91. The fourth-order valence-electron chi connectivity index (χ4n) is 3.46. The summed E-state index contributed by atoms with van der Waals surface area (Å²) in [4.78, 5) is 45.3. The Balaban J connectivity index is 1.59. The highest BCUT2D eigenvalue weighted by Crippen LogP contribution is 2.61. The molecule has 2 saturated heterocycles. The fraction of sp³-hybridized carbons (Fsp3) is 0.750. The molecule has 0 radical (unpaired) electrons. The molecule has 206 valence electrons. The number of aryl methyl sites for hydroxylation is 1. The molecule has 0 saturated carbocycles. The van der Waals surface area contributed by atoms with Crippen LogP contribution in [-0.2, 0) is 32.0 Å². The van der Waals surface area contributed by atoms with Crippen molar-refractivity contribution in [2.45, 2.75) is 61.6 Å². The molecule has 17 nitrogen and oxygen atoms in total. The van der Waals surface area contributed by atoms with E-state index in [0.717, 1.165) is 4.57 Å². The van der Waals surface area contributed by atoms with Crippen molar-refractivity contribution in [3.8, 4) is 0 Å². The smallest absolute Gasteiger partial charge is 0.394 e. The number of phosphoric ester groups is 2. The van der Waals surface area contributed by atoms with Crippen molar-refractivity contribution in [3.05, 3.63) is 32.6 Å². The quantitative estimate of drug-likeness (QED) is 0.111. The number of aliphatic hydroxyl groups excluding tert-OH is 4. The highest BCUT2D eigenvalue weighted by molar-refractivity contribution is 7.81. The lowest BCUT2D eigenvalue weighted by Gasteiger charge is -2.40. The second-order valence-electron chi connectivity index (χ2n) is 8.03. The predicted octanol–water partition coefficient (Wildman–Crippen LogP) is -2.52. The van der Waals surface area contributed by atoms with Gasteiger partial charge in [-0.1, -0.05) is 0 Å². The Hall–Kier alpha value is -0.950. The van der Waals surface area contributed by atoms with Crippen molar-refractivity contribution in [1.82, 2.24) is 9.55 Å². The van der Waals surface area contributed by atoms with Crippen LogP contribution in [0.3, 0.4) is 0 Å². The number of ether oxygens (including phenoxy) is 2. The van der Waals surface area contributed by atoms with Gasteiger partial charge in [0.1, 0.15) is 24.5 Å². The normalized spacial score (nSPS) is 36.3. The molecular weight excluding hydrogens is 554 g/mol. The number of H-pyrrole nitrogens is 1. The first-order valence-corrected chi connectivity index (χ1v) is 13.8. The number of hydrogen-bond donors (Lipinski definition) is 8. The second kappa shape index (κ2) is 11.4. The number of aromatic nitrogens is 2.